The molecule has 0 aliphatic heterocycles. The van der Waals surface area contributed by atoms with Gasteiger partial charge in [0.2, 0.25) is 5.56 Å². The van der Waals surface area contributed by atoms with E-state index in [1.54, 1.807) is 0 Å². The third-order valence-corrected chi connectivity index (χ3v) is 5.05. The average Bonchev–Trinajstić information content (AvgIpc) is 2.59. The molecule has 0 radical (unpaired) electrons. The van der Waals surface area contributed by atoms with Crippen molar-refractivity contribution in [1.29, 1.82) is 5.26 Å². The number of H-pyrrole nitrogens is 1. The Morgan fingerprint density at radius 1 is 1.07 bits per heavy atom. The number of benzene rings is 2. The van der Waals surface area contributed by atoms with Crippen LogP contribution in [0.15, 0.2) is 58.2 Å². The Balaban J connectivity index is 2.12. The van der Waals surface area contributed by atoms with Gasteiger partial charge in [0.25, 0.3) is 10.0 Å². The van der Waals surface area contributed by atoms with E-state index in [4.69, 9.17) is 5.26 Å². The van der Waals surface area contributed by atoms with Crippen molar-refractivity contribution in [3.8, 4) is 6.07 Å². The maximum absolute atomic E-state index is 13.2. The minimum Gasteiger partial charge on any atom is -0.322 e. The van der Waals surface area contributed by atoms with Gasteiger partial charge in [0.1, 0.15) is 0 Å². The summed E-state index contributed by atoms with van der Waals surface area (Å²) in [5, 5.41) is 8.41. The predicted molar refractivity (Wildman–Crippen MR) is 91.5 cm³/mol. The lowest BCUT2D eigenvalue weighted by atomic mass is 10.1. The Bertz CT molecular complexity index is 1240. The van der Waals surface area contributed by atoms with Crippen molar-refractivity contribution in [3.05, 3.63) is 70.0 Å². The largest absolute Gasteiger partial charge is 0.417 e. The summed E-state index contributed by atoms with van der Waals surface area (Å²) in [6.45, 7) is 0. The Kier molecular flexibility index (Phi) is 4.41. The van der Waals surface area contributed by atoms with Crippen molar-refractivity contribution in [1.82, 2.24) is 4.98 Å². The zero-order valence-corrected chi connectivity index (χ0v) is 14.1. The highest BCUT2D eigenvalue weighted by Crippen LogP contribution is 2.34. The molecular formula is C17H10F3N3O3S. The van der Waals surface area contributed by atoms with Gasteiger partial charge < -0.3 is 4.98 Å². The number of hydrogen-bond acceptors (Lipinski definition) is 4. The number of nitrogens with one attached hydrogen (secondary N) is 2. The summed E-state index contributed by atoms with van der Waals surface area (Å²) in [7, 11) is -4.22. The van der Waals surface area contributed by atoms with Crippen molar-refractivity contribution in [2.75, 3.05) is 4.72 Å². The van der Waals surface area contributed by atoms with Crippen LogP contribution in [0.1, 0.15) is 11.1 Å². The summed E-state index contributed by atoms with van der Waals surface area (Å²) < 4.78 is 66.9. The molecule has 10 heteroatoms. The molecule has 0 unspecified atom stereocenters. The summed E-state index contributed by atoms with van der Waals surface area (Å²) >= 11 is 0. The normalized spacial score (nSPS) is 11.9. The van der Waals surface area contributed by atoms with Gasteiger partial charge in [-0.15, -0.1) is 0 Å². The van der Waals surface area contributed by atoms with Crippen LogP contribution in [0.3, 0.4) is 0 Å². The third-order valence-electron chi connectivity index (χ3n) is 3.67. The number of alkyl halides is 3. The van der Waals surface area contributed by atoms with Gasteiger partial charge in [-0.25, -0.2) is 8.42 Å². The lowest BCUT2D eigenvalue weighted by Crippen LogP contribution is -2.16. The molecule has 0 atom stereocenters. The lowest BCUT2D eigenvalue weighted by molar-refractivity contribution is -0.136. The van der Waals surface area contributed by atoms with Gasteiger partial charge >= 0.3 is 6.18 Å². The second-order valence-corrected chi connectivity index (χ2v) is 7.23. The Morgan fingerprint density at radius 3 is 2.48 bits per heavy atom. The second kappa shape index (κ2) is 6.44. The van der Waals surface area contributed by atoms with Gasteiger partial charge in [-0.1, -0.05) is 6.07 Å². The SMILES string of the molecule is N#Cc1cccc(NS(=O)(=O)c2ccc3[nH]c(=O)cc(C(F)(F)F)c3c2)c1. The maximum Gasteiger partial charge on any atom is 0.417 e. The first kappa shape index (κ1) is 18.5. The zero-order valence-electron chi connectivity index (χ0n) is 13.3. The lowest BCUT2D eigenvalue weighted by Gasteiger charge is -2.12. The van der Waals surface area contributed by atoms with E-state index in [1.165, 1.54) is 24.3 Å². The predicted octanol–water partition coefficient (Wildman–Crippen LogP) is 3.22. The summed E-state index contributed by atoms with van der Waals surface area (Å²) in [6, 6.07) is 10.9. The minimum absolute atomic E-state index is 0.0895. The zero-order chi connectivity index (χ0) is 19.8. The molecule has 0 spiro atoms. The van der Waals surface area contributed by atoms with Crippen LogP contribution in [-0.4, -0.2) is 13.4 Å². The van der Waals surface area contributed by atoms with Crippen molar-refractivity contribution in [2.45, 2.75) is 11.1 Å². The Morgan fingerprint density at radius 2 is 1.81 bits per heavy atom. The van der Waals surface area contributed by atoms with Crippen molar-refractivity contribution < 1.29 is 21.6 Å². The molecular weight excluding hydrogens is 383 g/mol. The van der Waals surface area contributed by atoms with E-state index in [0.717, 1.165) is 18.2 Å². The summed E-state index contributed by atoms with van der Waals surface area (Å²) in [5.41, 5.74) is -2.01. The molecule has 3 aromatic rings. The fraction of sp³-hybridized carbons (Fsp3) is 0.0588. The first-order valence-corrected chi connectivity index (χ1v) is 8.86. The quantitative estimate of drug-likeness (QED) is 0.713. The summed E-state index contributed by atoms with van der Waals surface area (Å²) in [5.74, 6) is 0. The van der Waals surface area contributed by atoms with Gasteiger partial charge in [0, 0.05) is 17.0 Å². The molecule has 0 saturated heterocycles. The van der Waals surface area contributed by atoms with Crippen LogP contribution in [-0.2, 0) is 16.2 Å². The standard InChI is InChI=1S/C17H10F3N3O3S/c18-17(19,20)14-8-16(24)22-15-5-4-12(7-13(14)15)27(25,26)23-11-3-1-2-10(6-11)9-21/h1-8,23H,(H,22,24). The topological polar surface area (TPSA) is 103 Å². The van der Waals surface area contributed by atoms with Crippen LogP contribution in [0.5, 0.6) is 0 Å². The van der Waals surface area contributed by atoms with Crippen molar-refractivity contribution in [3.63, 3.8) is 0 Å². The number of fused-ring (bicyclic) bond motifs is 1. The van der Waals surface area contributed by atoms with Gasteiger partial charge in [0.05, 0.1) is 27.8 Å². The molecule has 0 aliphatic rings. The van der Waals surface area contributed by atoms with E-state index in [9.17, 15) is 26.4 Å². The number of halogens is 3. The fourth-order valence-corrected chi connectivity index (χ4v) is 3.58. The first-order chi connectivity index (χ1) is 12.6. The molecule has 27 heavy (non-hydrogen) atoms. The van der Waals surface area contributed by atoms with Gasteiger partial charge in [0.15, 0.2) is 0 Å². The molecule has 6 nitrogen and oxygen atoms in total. The molecule has 1 aromatic heterocycles. The molecule has 0 aliphatic carbocycles. The number of anilines is 1. The Labute approximate surface area is 150 Å². The van der Waals surface area contributed by atoms with E-state index in [2.05, 4.69) is 9.71 Å². The van der Waals surface area contributed by atoms with Gasteiger partial charge in [-0.05, 0) is 36.4 Å². The molecule has 0 fully saturated rings. The molecule has 0 saturated carbocycles. The minimum atomic E-state index is -4.83. The number of aromatic amines is 1. The van der Waals surface area contributed by atoms with Crippen molar-refractivity contribution in [2.24, 2.45) is 0 Å². The van der Waals surface area contributed by atoms with E-state index >= 15 is 0 Å². The maximum atomic E-state index is 13.2. The van der Waals surface area contributed by atoms with Gasteiger partial charge in [-0.3, -0.25) is 9.52 Å². The number of pyridine rings is 1. The molecule has 0 bridgehead atoms. The Hall–Kier alpha value is -3.32. The van der Waals surface area contributed by atoms with Crippen LogP contribution in [0.4, 0.5) is 18.9 Å². The van der Waals surface area contributed by atoms with E-state index < -0.39 is 37.6 Å². The van der Waals surface area contributed by atoms with Crippen LogP contribution >= 0.6 is 0 Å². The number of hydrogen-bond donors (Lipinski definition) is 2. The molecule has 0 amide bonds. The smallest absolute Gasteiger partial charge is 0.322 e. The van der Waals surface area contributed by atoms with Crippen LogP contribution in [0.25, 0.3) is 10.9 Å². The van der Waals surface area contributed by atoms with Crippen LogP contribution in [0.2, 0.25) is 0 Å². The number of sulfonamides is 1. The van der Waals surface area contributed by atoms with E-state index in [-0.39, 0.29) is 16.8 Å². The molecule has 2 aromatic carbocycles. The highest BCUT2D eigenvalue weighted by atomic mass is 32.2. The molecule has 1 heterocycles. The molecule has 138 valence electrons. The first-order valence-electron chi connectivity index (χ1n) is 7.37. The van der Waals surface area contributed by atoms with Crippen molar-refractivity contribution >= 4 is 26.6 Å². The highest BCUT2D eigenvalue weighted by Gasteiger charge is 2.33. The summed E-state index contributed by atoms with van der Waals surface area (Å²) in [6.07, 6.45) is -4.83. The monoisotopic (exact) mass is 393 g/mol. The molecule has 2 N–H and O–H groups in total. The van der Waals surface area contributed by atoms with Gasteiger partial charge in [-0.2, -0.15) is 18.4 Å². The molecule has 3 rings (SSSR count). The van der Waals surface area contributed by atoms with Crippen LogP contribution in [0, 0.1) is 11.3 Å². The van der Waals surface area contributed by atoms with E-state index in [1.807, 2.05) is 6.07 Å². The number of rotatable bonds is 3. The fourth-order valence-electron chi connectivity index (χ4n) is 2.50. The number of nitriles is 1. The average molecular weight is 393 g/mol. The highest BCUT2D eigenvalue weighted by molar-refractivity contribution is 7.92. The van der Waals surface area contributed by atoms with Crippen LogP contribution < -0.4 is 10.3 Å². The second-order valence-electron chi connectivity index (χ2n) is 5.55. The van der Waals surface area contributed by atoms with E-state index in [0.29, 0.717) is 6.07 Å². The number of nitrogens with zero attached hydrogens (tertiary/aromatic N) is 1. The number of aromatic nitrogens is 1. The third kappa shape index (κ3) is 3.78. The summed E-state index contributed by atoms with van der Waals surface area (Å²) in [4.78, 5) is 13.2.